The molecule has 3 nitrogen and oxygen atoms in total. The number of thioether (sulfide) groups is 1. The fourth-order valence-corrected chi connectivity index (χ4v) is 5.33. The molecule has 0 saturated heterocycles. The molecule has 5 heteroatoms. The maximum atomic E-state index is 8.93. The van der Waals surface area contributed by atoms with Gasteiger partial charge in [-0.1, -0.05) is 13.8 Å². The van der Waals surface area contributed by atoms with Gasteiger partial charge >= 0.3 is 72.5 Å². The summed E-state index contributed by atoms with van der Waals surface area (Å²) in [6, 6.07) is 0. The predicted octanol–water partition coefficient (Wildman–Crippen LogP) is -0.0985. The first kappa shape index (κ1) is 21.3. The third-order valence-electron chi connectivity index (χ3n) is 1.05. The Morgan fingerprint density at radius 3 is 1.93 bits per heavy atom. The molecule has 0 aromatic carbocycles. The van der Waals surface area contributed by atoms with Crippen molar-refractivity contribution in [2.75, 3.05) is 29.8 Å². The predicted molar refractivity (Wildman–Crippen MR) is 68.3 cm³/mol. The molecule has 0 aliphatic rings. The van der Waals surface area contributed by atoms with Crippen LogP contribution in [0.2, 0.25) is 4.44 Å². The molecule has 0 aromatic rings. The van der Waals surface area contributed by atoms with Crippen molar-refractivity contribution in [3.05, 3.63) is 0 Å². The molecular formula is C10H25NO2SSn. The standard InChI is InChI=1S/C4H10N.2C2H5O.C2H5S.Sn/c1-2-3-4-5;2*1-2-3;1-3-2;/h1-5H2;2*2H2,1H3;1H2,2H3;/q;2*-1;;+2. The van der Waals surface area contributed by atoms with Crippen molar-refractivity contribution in [2.24, 2.45) is 5.73 Å². The fourth-order valence-electron chi connectivity index (χ4n) is 0.569. The zero-order valence-corrected chi connectivity index (χ0v) is 13.9. The van der Waals surface area contributed by atoms with Crippen LogP contribution >= 0.6 is 11.8 Å². The van der Waals surface area contributed by atoms with Crippen molar-refractivity contribution >= 4 is 32.9 Å². The summed E-state index contributed by atoms with van der Waals surface area (Å²) < 4.78 is 3.01. The van der Waals surface area contributed by atoms with Crippen LogP contribution in [-0.2, 0) is 0 Å². The number of nitrogens with two attached hydrogens (primary N) is 1. The van der Waals surface area contributed by atoms with Crippen LogP contribution < -0.4 is 15.9 Å². The summed E-state index contributed by atoms with van der Waals surface area (Å²) in [5.74, 6) is 0. The second-order valence-electron chi connectivity index (χ2n) is 2.51. The molecular weight excluding hydrogens is 317 g/mol. The first-order chi connectivity index (χ1) is 7.24. The molecule has 0 bridgehead atoms. The molecule has 0 atom stereocenters. The topological polar surface area (TPSA) is 72.1 Å². The van der Waals surface area contributed by atoms with Gasteiger partial charge in [-0.3, -0.25) is 0 Å². The van der Waals surface area contributed by atoms with Crippen LogP contribution in [0.3, 0.4) is 0 Å². The Bertz CT molecular complexity index is 72.4. The summed E-state index contributed by atoms with van der Waals surface area (Å²) >= 11 is 2.06. The number of hydrogen-bond acceptors (Lipinski definition) is 4. The van der Waals surface area contributed by atoms with Crippen LogP contribution in [-0.4, -0.2) is 50.9 Å². The van der Waals surface area contributed by atoms with Gasteiger partial charge in [0.15, 0.2) is 0 Å². The molecule has 0 aliphatic carbocycles. The van der Waals surface area contributed by atoms with Crippen molar-refractivity contribution in [3.8, 4) is 0 Å². The number of rotatable bonds is 6. The summed E-state index contributed by atoms with van der Waals surface area (Å²) in [6.07, 6.45) is 4.84. The van der Waals surface area contributed by atoms with Gasteiger partial charge in [0, 0.05) is 0 Å². The first-order valence-corrected chi connectivity index (χ1v) is 10.7. The molecule has 0 amide bonds. The van der Waals surface area contributed by atoms with Crippen molar-refractivity contribution in [2.45, 2.75) is 31.1 Å². The molecule has 0 unspecified atom stereocenters. The molecule has 0 fully saturated rings. The van der Waals surface area contributed by atoms with Crippen molar-refractivity contribution in [1.82, 2.24) is 0 Å². The Kier molecular flexibility index (Phi) is 41.8. The summed E-state index contributed by atoms with van der Waals surface area (Å²) in [7, 11) is 0. The Balaban J connectivity index is -0.000000200. The Labute approximate surface area is 109 Å². The second kappa shape index (κ2) is 29.4. The molecule has 0 heterocycles. The van der Waals surface area contributed by atoms with E-state index in [1.165, 1.54) is 21.0 Å². The van der Waals surface area contributed by atoms with E-state index in [9.17, 15) is 0 Å². The van der Waals surface area contributed by atoms with Crippen molar-refractivity contribution in [1.29, 1.82) is 0 Å². The average Bonchev–Trinajstić information content (AvgIpc) is 2.20. The SMILES string of the molecule is CC[O-].CC[O-].CS[CH2][Sn+2][CH2]CCCN. The van der Waals surface area contributed by atoms with Crippen LogP contribution in [0.5, 0.6) is 0 Å². The fraction of sp³-hybridized carbons (Fsp3) is 1.00. The summed E-state index contributed by atoms with van der Waals surface area (Å²) in [5.41, 5.74) is 5.36. The quantitative estimate of drug-likeness (QED) is 0.541. The van der Waals surface area contributed by atoms with Gasteiger partial charge < -0.3 is 10.2 Å². The van der Waals surface area contributed by atoms with E-state index in [4.69, 9.17) is 15.9 Å². The van der Waals surface area contributed by atoms with Crippen LogP contribution in [0.1, 0.15) is 26.7 Å². The van der Waals surface area contributed by atoms with Gasteiger partial charge in [0.1, 0.15) is 0 Å². The molecule has 0 aromatic heterocycles. The molecule has 0 spiro atoms. The minimum atomic E-state index is 0. The molecule has 2 N–H and O–H groups in total. The summed E-state index contributed by atoms with van der Waals surface area (Å²) in [4.78, 5) is 0. The molecule has 15 heavy (non-hydrogen) atoms. The Morgan fingerprint density at radius 1 is 1.13 bits per heavy atom. The van der Waals surface area contributed by atoms with Crippen LogP contribution in [0, 0.1) is 0 Å². The summed E-state index contributed by atoms with van der Waals surface area (Å²) in [5, 5.41) is 17.9. The van der Waals surface area contributed by atoms with Gasteiger partial charge in [0.05, 0.1) is 0 Å². The van der Waals surface area contributed by atoms with E-state index in [0.29, 0.717) is 0 Å². The first-order valence-electron chi connectivity index (χ1n) is 5.30. The van der Waals surface area contributed by atoms with Crippen molar-refractivity contribution < 1.29 is 10.2 Å². The van der Waals surface area contributed by atoms with Crippen LogP contribution in [0.15, 0.2) is 0 Å². The third-order valence-corrected chi connectivity index (χ3v) is 7.78. The normalized spacial score (nSPS) is 7.87. The van der Waals surface area contributed by atoms with E-state index in [-0.39, 0.29) is 34.4 Å². The van der Waals surface area contributed by atoms with E-state index in [2.05, 4.69) is 6.26 Å². The molecule has 92 valence electrons. The minimum absolute atomic E-state index is 0. The third kappa shape index (κ3) is 51.6. The molecule has 0 radical (unpaired) electrons. The van der Waals surface area contributed by atoms with E-state index < -0.39 is 0 Å². The van der Waals surface area contributed by atoms with Gasteiger partial charge in [-0.25, -0.2) is 0 Å². The molecule has 0 aliphatic heterocycles. The Morgan fingerprint density at radius 2 is 1.60 bits per heavy atom. The zero-order valence-electron chi connectivity index (χ0n) is 10.3. The summed E-state index contributed by atoms with van der Waals surface area (Å²) in [6.45, 7) is 4.03. The van der Waals surface area contributed by atoms with Crippen LogP contribution in [0.25, 0.3) is 0 Å². The van der Waals surface area contributed by atoms with E-state index in [1.807, 2.05) is 11.8 Å². The molecule has 0 rings (SSSR count). The van der Waals surface area contributed by atoms with Gasteiger partial charge in [-0.05, 0) is 0 Å². The Hall–Kier alpha value is 1.03. The van der Waals surface area contributed by atoms with E-state index in [1.54, 1.807) is 13.8 Å². The maximum absolute atomic E-state index is 8.93. The average molecular weight is 342 g/mol. The van der Waals surface area contributed by atoms with Gasteiger partial charge in [-0.15, -0.1) is 13.2 Å². The number of unbranched alkanes of at least 4 members (excludes halogenated alkanes) is 1. The number of hydrogen-bond donors (Lipinski definition) is 1. The van der Waals surface area contributed by atoms with Crippen LogP contribution in [0.4, 0.5) is 0 Å². The van der Waals surface area contributed by atoms with E-state index in [0.717, 1.165) is 6.54 Å². The second-order valence-corrected chi connectivity index (χ2v) is 8.70. The van der Waals surface area contributed by atoms with E-state index >= 15 is 0 Å². The zero-order chi connectivity index (χ0) is 12.4. The molecule has 0 saturated carbocycles. The van der Waals surface area contributed by atoms with Gasteiger partial charge in [0.25, 0.3) is 0 Å². The monoisotopic (exact) mass is 343 g/mol. The van der Waals surface area contributed by atoms with Gasteiger partial charge in [-0.2, -0.15) is 0 Å². The van der Waals surface area contributed by atoms with Crippen molar-refractivity contribution in [3.63, 3.8) is 0 Å². The van der Waals surface area contributed by atoms with Gasteiger partial charge in [0.2, 0.25) is 0 Å².